The van der Waals surface area contributed by atoms with Crippen LogP contribution in [0.15, 0.2) is 18.2 Å². The second-order valence-electron chi connectivity index (χ2n) is 4.64. The highest BCUT2D eigenvalue weighted by molar-refractivity contribution is 6.42. The largest absolute Gasteiger partial charge is 0.491 e. The highest BCUT2D eigenvalue weighted by Gasteiger charge is 2.07. The monoisotopic (exact) mass is 337 g/mol. The number of nitrogens with one attached hydrogen (secondary N) is 1. The molecule has 0 fully saturated rings. The zero-order chi connectivity index (χ0) is 15.7. The minimum Gasteiger partial charge on any atom is -0.491 e. The van der Waals surface area contributed by atoms with E-state index >= 15 is 0 Å². The molecule has 0 saturated heterocycles. The number of hydrogen-bond donors (Lipinski definition) is 3. The van der Waals surface area contributed by atoms with E-state index in [-0.39, 0.29) is 6.61 Å². The lowest BCUT2D eigenvalue weighted by molar-refractivity contribution is 0.0577. The van der Waals surface area contributed by atoms with Crippen molar-refractivity contribution in [3.05, 3.63) is 28.2 Å². The van der Waals surface area contributed by atoms with Crippen molar-refractivity contribution in [1.82, 2.24) is 5.32 Å². The van der Waals surface area contributed by atoms with Crippen LogP contribution in [0.25, 0.3) is 0 Å². The Hall–Kier alpha value is -0.560. The molecular weight excluding hydrogens is 317 g/mol. The molecule has 0 aromatic heterocycles. The van der Waals surface area contributed by atoms with Crippen LogP contribution in [-0.4, -0.2) is 55.8 Å². The molecule has 0 bridgehead atoms. The number of methoxy groups -OCH3 is 1. The molecule has 120 valence electrons. The van der Waals surface area contributed by atoms with Crippen molar-refractivity contribution in [3.8, 4) is 5.75 Å². The number of benzene rings is 1. The van der Waals surface area contributed by atoms with Gasteiger partial charge in [-0.15, -0.1) is 0 Å². The van der Waals surface area contributed by atoms with Gasteiger partial charge in [-0.3, -0.25) is 0 Å². The third-order valence-electron chi connectivity index (χ3n) is 2.73. The lowest BCUT2D eigenvalue weighted by Gasteiger charge is -2.14. The Kier molecular flexibility index (Phi) is 8.99. The van der Waals surface area contributed by atoms with Gasteiger partial charge in [0.15, 0.2) is 0 Å². The van der Waals surface area contributed by atoms with E-state index in [4.69, 9.17) is 32.7 Å². The fraction of sp³-hybridized carbons (Fsp3) is 0.571. The van der Waals surface area contributed by atoms with Gasteiger partial charge in [0.05, 0.1) is 22.8 Å². The molecule has 2 atom stereocenters. The Bertz CT molecular complexity index is 420. The average Bonchev–Trinajstić information content (AvgIpc) is 2.45. The molecule has 0 radical (unpaired) electrons. The summed E-state index contributed by atoms with van der Waals surface area (Å²) in [6, 6.07) is 4.93. The van der Waals surface area contributed by atoms with Gasteiger partial charge in [-0.1, -0.05) is 23.2 Å². The number of aliphatic hydroxyl groups excluding tert-OH is 2. The van der Waals surface area contributed by atoms with Crippen molar-refractivity contribution in [2.75, 3.05) is 33.4 Å². The second-order valence-corrected chi connectivity index (χ2v) is 5.46. The molecule has 21 heavy (non-hydrogen) atoms. The van der Waals surface area contributed by atoms with Gasteiger partial charge in [0.1, 0.15) is 18.5 Å². The van der Waals surface area contributed by atoms with E-state index in [2.05, 4.69) is 5.32 Å². The number of hydrogen-bond acceptors (Lipinski definition) is 5. The number of aliphatic hydroxyl groups is 2. The molecule has 0 aliphatic carbocycles. The summed E-state index contributed by atoms with van der Waals surface area (Å²) in [4.78, 5) is 0. The summed E-state index contributed by atoms with van der Waals surface area (Å²) in [5.41, 5.74) is 0. The number of halogens is 2. The molecule has 1 rings (SSSR count). The smallest absolute Gasteiger partial charge is 0.121 e. The van der Waals surface area contributed by atoms with Crippen molar-refractivity contribution in [2.24, 2.45) is 0 Å². The zero-order valence-corrected chi connectivity index (χ0v) is 13.4. The van der Waals surface area contributed by atoms with Gasteiger partial charge >= 0.3 is 0 Å². The van der Waals surface area contributed by atoms with Gasteiger partial charge in [-0.2, -0.15) is 0 Å². The number of ether oxygens (including phenoxy) is 2. The summed E-state index contributed by atoms with van der Waals surface area (Å²) < 4.78 is 10.2. The highest BCUT2D eigenvalue weighted by Crippen LogP contribution is 2.26. The first-order chi connectivity index (χ1) is 10.0. The third-order valence-corrected chi connectivity index (χ3v) is 3.47. The quantitative estimate of drug-likeness (QED) is 0.567. The molecule has 0 saturated carbocycles. The Morgan fingerprint density at radius 3 is 2.57 bits per heavy atom. The van der Waals surface area contributed by atoms with Crippen LogP contribution in [0.2, 0.25) is 10.0 Å². The topological polar surface area (TPSA) is 71.0 Å². The molecule has 0 aliphatic heterocycles. The van der Waals surface area contributed by atoms with Gasteiger partial charge in [-0.05, 0) is 25.1 Å². The van der Waals surface area contributed by atoms with Crippen LogP contribution < -0.4 is 10.1 Å². The van der Waals surface area contributed by atoms with E-state index in [0.717, 1.165) is 0 Å². The van der Waals surface area contributed by atoms with Crippen molar-refractivity contribution in [1.29, 1.82) is 0 Å². The van der Waals surface area contributed by atoms with Crippen molar-refractivity contribution in [2.45, 2.75) is 18.6 Å². The third kappa shape index (κ3) is 7.85. The molecule has 2 unspecified atom stereocenters. The Labute approximate surface area is 134 Å². The maximum absolute atomic E-state index is 9.77. The summed E-state index contributed by atoms with van der Waals surface area (Å²) in [5, 5.41) is 23.1. The summed E-state index contributed by atoms with van der Waals surface area (Å²) in [6.07, 6.45) is -0.583. The van der Waals surface area contributed by atoms with Crippen LogP contribution in [0.5, 0.6) is 5.75 Å². The summed E-state index contributed by atoms with van der Waals surface area (Å²) in [6.45, 7) is 1.42. The van der Waals surface area contributed by atoms with Gasteiger partial charge in [0, 0.05) is 19.7 Å². The molecule has 5 nitrogen and oxygen atoms in total. The standard InChI is InChI=1S/C14H21Cl2NO4/c1-20-8-10(18)4-5-17-7-11(19)9-21-12-2-3-13(15)14(16)6-12/h2-3,6,10-11,17-19H,4-5,7-9H2,1H3. The van der Waals surface area contributed by atoms with E-state index in [9.17, 15) is 10.2 Å². The molecule has 1 aromatic rings. The Morgan fingerprint density at radius 1 is 1.14 bits per heavy atom. The van der Waals surface area contributed by atoms with E-state index in [1.165, 1.54) is 0 Å². The molecule has 0 aliphatic rings. The van der Waals surface area contributed by atoms with Gasteiger partial charge < -0.3 is 25.0 Å². The molecule has 0 spiro atoms. The molecule has 0 amide bonds. The highest BCUT2D eigenvalue weighted by atomic mass is 35.5. The minimum atomic E-state index is -0.654. The number of rotatable bonds is 10. The van der Waals surface area contributed by atoms with Crippen LogP contribution in [-0.2, 0) is 4.74 Å². The summed E-state index contributed by atoms with van der Waals surface area (Å²) >= 11 is 11.7. The fourth-order valence-corrected chi connectivity index (χ4v) is 1.92. The Morgan fingerprint density at radius 2 is 1.90 bits per heavy atom. The van der Waals surface area contributed by atoms with Crippen LogP contribution >= 0.6 is 23.2 Å². The zero-order valence-electron chi connectivity index (χ0n) is 11.9. The lowest BCUT2D eigenvalue weighted by Crippen LogP contribution is -2.33. The lowest BCUT2D eigenvalue weighted by atomic mass is 10.2. The summed E-state index contributed by atoms with van der Waals surface area (Å²) in [7, 11) is 1.54. The molecule has 3 N–H and O–H groups in total. The molecule has 7 heteroatoms. The molecule has 0 heterocycles. The van der Waals surface area contributed by atoms with Crippen molar-refractivity contribution < 1.29 is 19.7 Å². The maximum atomic E-state index is 9.77. The molecular formula is C14H21Cl2NO4. The first kappa shape index (κ1) is 18.5. The van der Waals surface area contributed by atoms with Crippen LogP contribution in [0, 0.1) is 0 Å². The van der Waals surface area contributed by atoms with Gasteiger partial charge in [0.25, 0.3) is 0 Å². The van der Waals surface area contributed by atoms with E-state index in [1.54, 1.807) is 25.3 Å². The van der Waals surface area contributed by atoms with Gasteiger partial charge in [0.2, 0.25) is 0 Å². The van der Waals surface area contributed by atoms with Crippen LogP contribution in [0.1, 0.15) is 6.42 Å². The SMILES string of the molecule is COCC(O)CCNCC(O)COc1ccc(Cl)c(Cl)c1. The normalized spacial score (nSPS) is 14.0. The van der Waals surface area contributed by atoms with E-state index in [1.807, 2.05) is 0 Å². The summed E-state index contributed by atoms with van der Waals surface area (Å²) in [5.74, 6) is 0.555. The fourth-order valence-electron chi connectivity index (χ4n) is 1.63. The van der Waals surface area contributed by atoms with Gasteiger partial charge in [-0.25, -0.2) is 0 Å². The average molecular weight is 338 g/mol. The van der Waals surface area contributed by atoms with Crippen LogP contribution in [0.4, 0.5) is 0 Å². The second kappa shape index (κ2) is 10.2. The van der Waals surface area contributed by atoms with Crippen molar-refractivity contribution >= 4 is 23.2 Å². The van der Waals surface area contributed by atoms with Crippen molar-refractivity contribution in [3.63, 3.8) is 0 Å². The van der Waals surface area contributed by atoms with Crippen LogP contribution in [0.3, 0.4) is 0 Å². The maximum Gasteiger partial charge on any atom is 0.121 e. The van der Waals surface area contributed by atoms with E-state index in [0.29, 0.717) is 41.9 Å². The Balaban J connectivity index is 2.16. The minimum absolute atomic E-state index is 0.144. The molecule has 1 aromatic carbocycles. The predicted molar refractivity (Wildman–Crippen MR) is 83.3 cm³/mol. The first-order valence-electron chi connectivity index (χ1n) is 6.66. The predicted octanol–water partition coefficient (Wildman–Crippen LogP) is 1.72. The van der Waals surface area contributed by atoms with E-state index < -0.39 is 12.2 Å². The first-order valence-corrected chi connectivity index (χ1v) is 7.42.